The lowest BCUT2D eigenvalue weighted by Crippen LogP contribution is -2.54. The van der Waals surface area contributed by atoms with Gasteiger partial charge >= 0.3 is 11.9 Å². The van der Waals surface area contributed by atoms with Crippen molar-refractivity contribution in [2.24, 2.45) is 5.73 Å². The van der Waals surface area contributed by atoms with Crippen LogP contribution in [0.1, 0.15) is 26.3 Å². The smallest absolute Gasteiger partial charge is 0.343 e. The maximum atomic E-state index is 12.1. The molecule has 1 unspecified atom stereocenters. The SMILES string of the molecule is CC(C)(C)OC(=O)C(N)(C(=O)O)c1cccc(Cl)c1. The summed E-state index contributed by atoms with van der Waals surface area (Å²) < 4.78 is 5.07. The first kappa shape index (κ1) is 15.5. The predicted octanol–water partition coefficient (Wildman–Crippen LogP) is 1.92. The number of carbonyl (C=O) groups is 2. The van der Waals surface area contributed by atoms with E-state index in [4.69, 9.17) is 22.1 Å². The third-order valence-electron chi connectivity index (χ3n) is 2.34. The summed E-state index contributed by atoms with van der Waals surface area (Å²) in [5, 5.41) is 9.56. The van der Waals surface area contributed by atoms with E-state index in [0.717, 1.165) is 0 Å². The van der Waals surface area contributed by atoms with Crippen LogP contribution < -0.4 is 5.73 Å². The lowest BCUT2D eigenvalue weighted by atomic mass is 9.91. The highest BCUT2D eigenvalue weighted by Crippen LogP contribution is 2.25. The average molecular weight is 286 g/mol. The van der Waals surface area contributed by atoms with E-state index in [1.54, 1.807) is 26.8 Å². The maximum Gasteiger partial charge on any atom is 0.343 e. The van der Waals surface area contributed by atoms with Gasteiger partial charge in [-0.1, -0.05) is 23.7 Å². The third kappa shape index (κ3) is 3.45. The van der Waals surface area contributed by atoms with Gasteiger partial charge in [0.05, 0.1) is 0 Å². The number of ether oxygens (including phenoxy) is 1. The summed E-state index contributed by atoms with van der Waals surface area (Å²) in [4.78, 5) is 23.5. The molecule has 0 aromatic heterocycles. The summed E-state index contributed by atoms with van der Waals surface area (Å²) in [7, 11) is 0. The molecule has 0 saturated heterocycles. The summed E-state index contributed by atoms with van der Waals surface area (Å²) in [6.07, 6.45) is 0. The second-order valence-electron chi connectivity index (χ2n) is 5.13. The number of benzene rings is 1. The van der Waals surface area contributed by atoms with Gasteiger partial charge in [-0.2, -0.15) is 0 Å². The van der Waals surface area contributed by atoms with Crippen molar-refractivity contribution in [1.82, 2.24) is 0 Å². The van der Waals surface area contributed by atoms with Crippen molar-refractivity contribution in [2.45, 2.75) is 31.9 Å². The minimum Gasteiger partial charge on any atom is -0.479 e. The van der Waals surface area contributed by atoms with E-state index in [1.807, 2.05) is 0 Å². The van der Waals surface area contributed by atoms with Crippen LogP contribution >= 0.6 is 11.6 Å². The summed E-state index contributed by atoms with van der Waals surface area (Å²) >= 11 is 5.79. The third-order valence-corrected chi connectivity index (χ3v) is 2.57. The fourth-order valence-electron chi connectivity index (χ4n) is 1.42. The molecule has 1 atom stereocenters. The van der Waals surface area contributed by atoms with Crippen molar-refractivity contribution in [3.05, 3.63) is 34.9 Å². The minimum absolute atomic E-state index is 0.0711. The molecule has 6 heteroatoms. The van der Waals surface area contributed by atoms with Crippen LogP contribution in [-0.4, -0.2) is 22.6 Å². The van der Waals surface area contributed by atoms with Crippen molar-refractivity contribution in [2.75, 3.05) is 0 Å². The molecule has 0 spiro atoms. The van der Waals surface area contributed by atoms with Gasteiger partial charge < -0.3 is 15.6 Å². The molecule has 0 aliphatic rings. The molecule has 5 nitrogen and oxygen atoms in total. The molecule has 1 aromatic carbocycles. The first-order chi connectivity index (χ1) is 8.57. The van der Waals surface area contributed by atoms with E-state index in [1.165, 1.54) is 18.2 Å². The number of carboxylic acids is 1. The number of halogens is 1. The highest BCUT2D eigenvalue weighted by atomic mass is 35.5. The Kier molecular flexibility index (Phi) is 4.22. The van der Waals surface area contributed by atoms with E-state index in [0.29, 0.717) is 0 Å². The molecule has 0 bridgehead atoms. The number of rotatable bonds is 3. The van der Waals surface area contributed by atoms with Crippen molar-refractivity contribution < 1.29 is 19.4 Å². The van der Waals surface area contributed by atoms with E-state index >= 15 is 0 Å². The van der Waals surface area contributed by atoms with Gasteiger partial charge in [-0.3, -0.25) is 0 Å². The van der Waals surface area contributed by atoms with Gasteiger partial charge in [-0.05, 0) is 38.5 Å². The standard InChI is InChI=1S/C13H16ClNO4/c1-12(2,3)19-11(18)13(15,10(16)17)8-5-4-6-9(14)7-8/h4-7H,15H2,1-3H3,(H,16,17). The van der Waals surface area contributed by atoms with E-state index < -0.39 is 23.1 Å². The van der Waals surface area contributed by atoms with Gasteiger partial charge in [-0.15, -0.1) is 0 Å². The maximum absolute atomic E-state index is 12.1. The molecule has 0 fully saturated rings. The van der Waals surface area contributed by atoms with Crippen LogP contribution in [0.4, 0.5) is 0 Å². The molecular formula is C13H16ClNO4. The van der Waals surface area contributed by atoms with Crippen molar-refractivity contribution in [1.29, 1.82) is 0 Å². The second kappa shape index (κ2) is 5.19. The van der Waals surface area contributed by atoms with Gasteiger partial charge in [0.2, 0.25) is 5.54 Å². The zero-order valence-electron chi connectivity index (χ0n) is 10.9. The predicted molar refractivity (Wildman–Crippen MR) is 70.8 cm³/mol. The van der Waals surface area contributed by atoms with Gasteiger partial charge in [0, 0.05) is 5.02 Å². The highest BCUT2D eigenvalue weighted by Gasteiger charge is 2.47. The number of nitrogens with two attached hydrogens (primary N) is 1. The van der Waals surface area contributed by atoms with Crippen LogP contribution in [0.5, 0.6) is 0 Å². The van der Waals surface area contributed by atoms with Gasteiger partial charge in [-0.25, -0.2) is 9.59 Å². The molecule has 0 aliphatic heterocycles. The van der Waals surface area contributed by atoms with Gasteiger partial charge in [0.1, 0.15) is 5.60 Å². The molecule has 0 aliphatic carbocycles. The molecule has 0 heterocycles. The molecule has 19 heavy (non-hydrogen) atoms. The molecular weight excluding hydrogens is 270 g/mol. The molecule has 1 rings (SSSR count). The lowest BCUT2D eigenvalue weighted by Gasteiger charge is -2.28. The number of hydrogen-bond donors (Lipinski definition) is 2. The normalized spacial score (nSPS) is 14.6. The van der Waals surface area contributed by atoms with E-state index in [2.05, 4.69) is 0 Å². The van der Waals surface area contributed by atoms with Crippen molar-refractivity contribution >= 4 is 23.5 Å². The Balaban J connectivity index is 3.25. The zero-order chi connectivity index (χ0) is 14.8. The van der Waals surface area contributed by atoms with E-state index in [-0.39, 0.29) is 10.6 Å². The van der Waals surface area contributed by atoms with Crippen LogP contribution in [0.15, 0.2) is 24.3 Å². The number of esters is 1. The topological polar surface area (TPSA) is 89.6 Å². The Morgan fingerprint density at radius 3 is 2.32 bits per heavy atom. The quantitative estimate of drug-likeness (QED) is 0.654. The number of carbonyl (C=O) groups excluding carboxylic acids is 1. The van der Waals surface area contributed by atoms with Gasteiger partial charge in [0.15, 0.2) is 0 Å². The Hall–Kier alpha value is -1.59. The largest absolute Gasteiger partial charge is 0.479 e. The Bertz CT molecular complexity index is 510. The van der Waals surface area contributed by atoms with Crippen LogP contribution in [0.2, 0.25) is 5.02 Å². The number of aliphatic carboxylic acids is 1. The van der Waals surface area contributed by atoms with Crippen LogP contribution in [0.3, 0.4) is 0 Å². The zero-order valence-corrected chi connectivity index (χ0v) is 11.7. The van der Waals surface area contributed by atoms with Gasteiger partial charge in [0.25, 0.3) is 0 Å². The summed E-state index contributed by atoms with van der Waals surface area (Å²) in [6, 6.07) is 5.83. The van der Waals surface area contributed by atoms with Crippen molar-refractivity contribution in [3.8, 4) is 0 Å². The highest BCUT2D eigenvalue weighted by molar-refractivity contribution is 6.30. The monoisotopic (exact) mass is 285 g/mol. The van der Waals surface area contributed by atoms with Crippen LogP contribution in [0.25, 0.3) is 0 Å². The molecule has 0 amide bonds. The summed E-state index contributed by atoms with van der Waals surface area (Å²) in [6.45, 7) is 4.89. The second-order valence-corrected chi connectivity index (χ2v) is 5.56. The molecule has 3 N–H and O–H groups in total. The van der Waals surface area contributed by atoms with Crippen molar-refractivity contribution in [3.63, 3.8) is 0 Å². The van der Waals surface area contributed by atoms with E-state index in [9.17, 15) is 14.7 Å². The Labute approximate surface area is 116 Å². The first-order valence-corrected chi connectivity index (χ1v) is 5.97. The first-order valence-electron chi connectivity index (χ1n) is 5.59. The summed E-state index contributed by atoms with van der Waals surface area (Å²) in [5.41, 5.74) is 2.70. The fourth-order valence-corrected chi connectivity index (χ4v) is 1.61. The van der Waals surface area contributed by atoms with Crippen LogP contribution in [0, 0.1) is 0 Å². The summed E-state index contributed by atoms with van der Waals surface area (Å²) in [5.74, 6) is -2.53. The molecule has 0 saturated carbocycles. The Morgan fingerprint density at radius 1 is 1.32 bits per heavy atom. The Morgan fingerprint density at radius 2 is 1.89 bits per heavy atom. The molecule has 104 valence electrons. The molecule has 0 radical (unpaired) electrons. The lowest BCUT2D eigenvalue weighted by molar-refractivity contribution is -0.169. The number of carboxylic acid groups (broad SMARTS) is 1. The average Bonchev–Trinajstić information content (AvgIpc) is 2.25. The minimum atomic E-state index is -2.28. The fraction of sp³-hybridized carbons (Fsp3) is 0.385. The molecule has 1 aromatic rings. The number of hydrogen-bond acceptors (Lipinski definition) is 4. The van der Waals surface area contributed by atoms with Crippen LogP contribution in [-0.2, 0) is 19.9 Å².